The van der Waals surface area contributed by atoms with Crippen LogP contribution >= 0.6 is 0 Å². The number of hydrogen-bond donors (Lipinski definition) is 1. The number of nitrogens with zero attached hydrogens (tertiary/aromatic N) is 1. The van der Waals surface area contributed by atoms with Crippen molar-refractivity contribution in [2.24, 2.45) is 0 Å². The Morgan fingerprint density at radius 1 is 1.39 bits per heavy atom. The third kappa shape index (κ3) is 5.15. The highest BCUT2D eigenvalue weighted by Crippen LogP contribution is 2.17. The zero-order chi connectivity index (χ0) is 13.6. The second-order valence-corrected chi connectivity index (χ2v) is 5.14. The average molecular weight is 250 g/mol. The maximum atomic E-state index is 13.4. The normalized spacial score (nSPS) is 11.1. The summed E-state index contributed by atoms with van der Waals surface area (Å²) < 4.78 is 18.8. The summed E-state index contributed by atoms with van der Waals surface area (Å²) >= 11 is 0. The minimum Gasteiger partial charge on any atom is -0.490 e. The lowest BCUT2D eigenvalue weighted by Crippen LogP contribution is -2.36. The van der Waals surface area contributed by atoms with E-state index in [0.717, 1.165) is 13.0 Å². The molecule has 98 valence electrons. The van der Waals surface area contributed by atoms with Crippen molar-refractivity contribution in [3.63, 3.8) is 0 Å². The molecule has 1 rings (SSSR count). The fourth-order valence-electron chi connectivity index (χ4n) is 1.41. The molecule has 0 aliphatic rings. The Balaban J connectivity index is 2.34. The highest BCUT2D eigenvalue weighted by Gasteiger charge is 2.08. The van der Waals surface area contributed by atoms with Crippen molar-refractivity contribution in [3.05, 3.63) is 29.6 Å². The smallest absolute Gasteiger partial charge is 0.166 e. The van der Waals surface area contributed by atoms with Gasteiger partial charge in [0.1, 0.15) is 0 Å². The quantitative estimate of drug-likeness (QED) is 0.817. The van der Waals surface area contributed by atoms with Crippen LogP contribution in [0.4, 0.5) is 4.39 Å². The van der Waals surface area contributed by atoms with Gasteiger partial charge in [-0.2, -0.15) is 5.26 Å². The lowest BCUT2D eigenvalue weighted by Gasteiger charge is -2.20. The largest absolute Gasteiger partial charge is 0.490 e. The second kappa shape index (κ2) is 6.36. The zero-order valence-corrected chi connectivity index (χ0v) is 11.1. The van der Waals surface area contributed by atoms with Gasteiger partial charge in [0.15, 0.2) is 11.6 Å². The number of nitriles is 1. The van der Waals surface area contributed by atoms with Crippen molar-refractivity contribution in [2.75, 3.05) is 13.2 Å². The summed E-state index contributed by atoms with van der Waals surface area (Å²) in [5, 5.41) is 11.9. The number of hydrogen-bond acceptors (Lipinski definition) is 3. The van der Waals surface area contributed by atoms with E-state index in [0.29, 0.717) is 12.2 Å². The molecule has 0 amide bonds. The van der Waals surface area contributed by atoms with Crippen LogP contribution in [0.3, 0.4) is 0 Å². The number of benzene rings is 1. The van der Waals surface area contributed by atoms with E-state index in [9.17, 15) is 4.39 Å². The van der Waals surface area contributed by atoms with Gasteiger partial charge in [-0.1, -0.05) is 0 Å². The molecule has 0 aromatic heterocycles. The number of nitrogens with one attached hydrogen (secondary N) is 1. The Hall–Kier alpha value is -1.60. The summed E-state index contributed by atoms with van der Waals surface area (Å²) in [5.41, 5.74) is 0.383. The predicted molar refractivity (Wildman–Crippen MR) is 69.0 cm³/mol. The number of halogens is 1. The van der Waals surface area contributed by atoms with Crippen LogP contribution in [0.1, 0.15) is 32.8 Å². The van der Waals surface area contributed by atoms with Crippen LogP contribution in [0, 0.1) is 17.1 Å². The third-order valence-corrected chi connectivity index (χ3v) is 2.29. The molecule has 3 nitrogen and oxygen atoms in total. The van der Waals surface area contributed by atoms with E-state index in [4.69, 9.17) is 10.00 Å². The Labute approximate surface area is 108 Å². The molecule has 0 fully saturated rings. The molecule has 0 unspecified atom stereocenters. The van der Waals surface area contributed by atoms with Gasteiger partial charge in [-0.3, -0.25) is 0 Å². The standard InChI is InChI=1S/C14H19FN2O/c1-14(2,3)17-7-4-8-18-13-6-5-11(10-16)9-12(13)15/h5-6,9,17H,4,7-8H2,1-3H3. The molecule has 0 radical (unpaired) electrons. The van der Waals surface area contributed by atoms with Gasteiger partial charge in [-0.05, 0) is 51.9 Å². The van der Waals surface area contributed by atoms with Crippen LogP contribution in [-0.4, -0.2) is 18.7 Å². The maximum absolute atomic E-state index is 13.4. The Bertz CT molecular complexity index is 432. The Morgan fingerprint density at radius 3 is 2.67 bits per heavy atom. The van der Waals surface area contributed by atoms with Crippen LogP contribution in [0.2, 0.25) is 0 Å². The van der Waals surface area contributed by atoms with Crippen LogP contribution in [-0.2, 0) is 0 Å². The predicted octanol–water partition coefficient (Wildman–Crippen LogP) is 2.85. The zero-order valence-electron chi connectivity index (χ0n) is 11.1. The van der Waals surface area contributed by atoms with Gasteiger partial charge in [-0.25, -0.2) is 4.39 Å². The van der Waals surface area contributed by atoms with Crippen LogP contribution < -0.4 is 10.1 Å². The number of rotatable bonds is 5. The first kappa shape index (κ1) is 14.5. The Morgan fingerprint density at radius 2 is 2.11 bits per heavy atom. The van der Waals surface area contributed by atoms with E-state index < -0.39 is 5.82 Å². The lowest BCUT2D eigenvalue weighted by molar-refractivity contribution is 0.285. The first-order chi connectivity index (χ1) is 8.42. The summed E-state index contributed by atoms with van der Waals surface area (Å²) in [6, 6.07) is 6.10. The molecule has 18 heavy (non-hydrogen) atoms. The molecular formula is C14H19FN2O. The molecule has 1 N–H and O–H groups in total. The Kier molecular flexibility index (Phi) is 5.11. The lowest BCUT2D eigenvalue weighted by atomic mass is 10.1. The topological polar surface area (TPSA) is 45.0 Å². The third-order valence-electron chi connectivity index (χ3n) is 2.29. The van der Waals surface area contributed by atoms with Crippen LogP contribution in [0.5, 0.6) is 5.75 Å². The summed E-state index contributed by atoms with van der Waals surface area (Å²) in [4.78, 5) is 0. The molecule has 4 heteroatoms. The molecule has 0 saturated heterocycles. The highest BCUT2D eigenvalue weighted by atomic mass is 19.1. The van der Waals surface area contributed by atoms with Crippen LogP contribution in [0.25, 0.3) is 0 Å². The van der Waals surface area contributed by atoms with Crippen molar-refractivity contribution in [1.82, 2.24) is 5.32 Å². The fraction of sp³-hybridized carbons (Fsp3) is 0.500. The van der Waals surface area contributed by atoms with E-state index in [1.54, 1.807) is 6.07 Å². The first-order valence-corrected chi connectivity index (χ1v) is 6.00. The molecule has 0 heterocycles. The molecule has 1 aromatic rings. The molecule has 1 aromatic carbocycles. The van der Waals surface area contributed by atoms with Crippen molar-refractivity contribution >= 4 is 0 Å². The van der Waals surface area contributed by atoms with Gasteiger partial charge in [0.25, 0.3) is 0 Å². The minimum atomic E-state index is -0.488. The van der Waals surface area contributed by atoms with Crippen molar-refractivity contribution in [2.45, 2.75) is 32.7 Å². The highest BCUT2D eigenvalue weighted by molar-refractivity contribution is 5.35. The van der Waals surface area contributed by atoms with Crippen molar-refractivity contribution < 1.29 is 9.13 Å². The maximum Gasteiger partial charge on any atom is 0.166 e. The fourth-order valence-corrected chi connectivity index (χ4v) is 1.41. The summed E-state index contributed by atoms with van der Waals surface area (Å²) in [6.45, 7) is 7.55. The van der Waals surface area contributed by atoms with Crippen molar-refractivity contribution in [1.29, 1.82) is 5.26 Å². The van der Waals surface area contributed by atoms with E-state index in [1.807, 2.05) is 6.07 Å². The average Bonchev–Trinajstić information content (AvgIpc) is 2.29. The number of ether oxygens (including phenoxy) is 1. The first-order valence-electron chi connectivity index (χ1n) is 6.00. The minimum absolute atomic E-state index is 0.0830. The van der Waals surface area contributed by atoms with Gasteiger partial charge in [0.05, 0.1) is 18.2 Å². The van der Waals surface area contributed by atoms with E-state index in [1.165, 1.54) is 12.1 Å². The van der Waals surface area contributed by atoms with Gasteiger partial charge >= 0.3 is 0 Å². The molecule has 0 aliphatic heterocycles. The molecule has 0 spiro atoms. The van der Waals surface area contributed by atoms with Gasteiger partial charge in [-0.15, -0.1) is 0 Å². The summed E-state index contributed by atoms with van der Waals surface area (Å²) in [5.74, 6) is -0.289. The SMILES string of the molecule is CC(C)(C)NCCCOc1ccc(C#N)cc1F. The van der Waals surface area contributed by atoms with Crippen molar-refractivity contribution in [3.8, 4) is 11.8 Å². The molecular weight excluding hydrogens is 231 g/mol. The van der Waals surface area contributed by atoms with E-state index in [2.05, 4.69) is 26.1 Å². The van der Waals surface area contributed by atoms with Gasteiger partial charge in [0.2, 0.25) is 0 Å². The van der Waals surface area contributed by atoms with Gasteiger partial charge < -0.3 is 10.1 Å². The monoisotopic (exact) mass is 250 g/mol. The summed E-state index contributed by atoms with van der Waals surface area (Å²) in [6.07, 6.45) is 0.802. The molecule has 0 saturated carbocycles. The van der Waals surface area contributed by atoms with Gasteiger partial charge in [0, 0.05) is 5.54 Å². The van der Waals surface area contributed by atoms with Crippen LogP contribution in [0.15, 0.2) is 18.2 Å². The molecule has 0 atom stereocenters. The second-order valence-electron chi connectivity index (χ2n) is 5.14. The van der Waals surface area contributed by atoms with E-state index >= 15 is 0 Å². The molecule has 0 aliphatic carbocycles. The summed E-state index contributed by atoms with van der Waals surface area (Å²) in [7, 11) is 0. The van der Waals surface area contributed by atoms with E-state index in [-0.39, 0.29) is 11.3 Å². The molecule has 0 bridgehead atoms.